The van der Waals surface area contributed by atoms with Gasteiger partial charge in [0, 0.05) is 38.3 Å². The van der Waals surface area contributed by atoms with Crippen molar-refractivity contribution >= 4 is 11.8 Å². The fourth-order valence-electron chi connectivity index (χ4n) is 3.22. The minimum atomic E-state index is -0.463. The number of H-pyrrole nitrogens is 1. The van der Waals surface area contributed by atoms with Crippen LogP contribution in [0, 0.1) is 0 Å². The van der Waals surface area contributed by atoms with Crippen molar-refractivity contribution in [1.29, 1.82) is 0 Å². The number of nitrogens with zero attached hydrogens (tertiary/aromatic N) is 3. The molecule has 2 amide bonds. The van der Waals surface area contributed by atoms with E-state index in [9.17, 15) is 14.4 Å². The molecule has 1 aliphatic heterocycles. The zero-order chi connectivity index (χ0) is 18.5. The van der Waals surface area contributed by atoms with Crippen LogP contribution in [-0.2, 0) is 11.3 Å². The van der Waals surface area contributed by atoms with Crippen molar-refractivity contribution in [1.82, 2.24) is 19.8 Å². The molecule has 136 valence electrons. The van der Waals surface area contributed by atoms with E-state index in [4.69, 9.17) is 0 Å². The van der Waals surface area contributed by atoms with Crippen LogP contribution < -0.4 is 5.56 Å². The lowest BCUT2D eigenvalue weighted by atomic mass is 10.1. The zero-order valence-corrected chi connectivity index (χ0v) is 14.7. The topological polar surface area (TPSA) is 86.4 Å². The summed E-state index contributed by atoms with van der Waals surface area (Å²) in [5.41, 5.74) is 0.601. The third-order valence-corrected chi connectivity index (χ3v) is 4.69. The first-order chi connectivity index (χ1) is 12.6. The molecular formula is C19H22N4O3. The molecule has 1 unspecified atom stereocenters. The molecule has 1 aromatic heterocycles. The van der Waals surface area contributed by atoms with Gasteiger partial charge in [0.05, 0.1) is 6.33 Å². The highest BCUT2D eigenvalue weighted by molar-refractivity contribution is 5.94. The first kappa shape index (κ1) is 17.8. The molecule has 0 spiro atoms. The van der Waals surface area contributed by atoms with Gasteiger partial charge in [-0.3, -0.25) is 14.4 Å². The smallest absolute Gasteiger partial charge is 0.263 e. The number of carbonyl (C=O) groups excluding carboxylic acids is 2. The van der Waals surface area contributed by atoms with E-state index in [-0.39, 0.29) is 29.8 Å². The van der Waals surface area contributed by atoms with Gasteiger partial charge in [-0.25, -0.2) is 4.98 Å². The van der Waals surface area contributed by atoms with Crippen LogP contribution in [0.15, 0.2) is 47.7 Å². The molecule has 3 rings (SSSR count). The van der Waals surface area contributed by atoms with Gasteiger partial charge in [-0.05, 0) is 12.0 Å². The van der Waals surface area contributed by atoms with E-state index in [0.29, 0.717) is 19.6 Å². The number of hydrogen-bond acceptors (Lipinski definition) is 4. The van der Waals surface area contributed by atoms with E-state index in [0.717, 1.165) is 12.0 Å². The number of benzene rings is 1. The Balaban J connectivity index is 1.81. The lowest BCUT2D eigenvalue weighted by Crippen LogP contribution is -2.44. The number of carbonyl (C=O) groups is 2. The molecule has 7 nitrogen and oxygen atoms in total. The Kier molecular flexibility index (Phi) is 5.46. The third kappa shape index (κ3) is 3.82. The highest BCUT2D eigenvalue weighted by Crippen LogP contribution is 2.18. The van der Waals surface area contributed by atoms with Gasteiger partial charge in [0.1, 0.15) is 5.56 Å². The molecule has 2 heterocycles. The standard InChI is InChI=1S/C19H22N4O3/c1-2-15-12-22(19(26)16-10-20-13-21-18(16)25)9-8-17(24)23(15)11-14-6-4-3-5-7-14/h3-7,10,13,15H,2,8-9,11-12H2,1H3,(H,20,21,25). The van der Waals surface area contributed by atoms with Gasteiger partial charge in [-0.1, -0.05) is 37.3 Å². The van der Waals surface area contributed by atoms with Crippen LogP contribution in [0.4, 0.5) is 0 Å². The summed E-state index contributed by atoms with van der Waals surface area (Å²) in [7, 11) is 0. The summed E-state index contributed by atoms with van der Waals surface area (Å²) in [5.74, 6) is -0.358. The molecule has 1 aromatic carbocycles. The summed E-state index contributed by atoms with van der Waals surface area (Å²) >= 11 is 0. The number of rotatable bonds is 4. The molecule has 0 radical (unpaired) electrons. The lowest BCUT2D eigenvalue weighted by Gasteiger charge is -2.31. The summed E-state index contributed by atoms with van der Waals surface area (Å²) < 4.78 is 0. The van der Waals surface area contributed by atoms with E-state index in [1.807, 2.05) is 42.2 Å². The molecule has 2 aromatic rings. The normalized spacial score (nSPS) is 17.9. The first-order valence-electron chi connectivity index (χ1n) is 8.75. The number of aromatic nitrogens is 2. The Morgan fingerprint density at radius 2 is 2.04 bits per heavy atom. The van der Waals surface area contributed by atoms with E-state index in [2.05, 4.69) is 9.97 Å². The van der Waals surface area contributed by atoms with Crippen LogP contribution in [0.1, 0.15) is 35.7 Å². The third-order valence-electron chi connectivity index (χ3n) is 4.69. The van der Waals surface area contributed by atoms with Gasteiger partial charge >= 0.3 is 0 Å². The summed E-state index contributed by atoms with van der Waals surface area (Å²) in [4.78, 5) is 47.0. The van der Waals surface area contributed by atoms with Gasteiger partial charge in [0.25, 0.3) is 11.5 Å². The molecule has 0 bridgehead atoms. The van der Waals surface area contributed by atoms with Gasteiger partial charge in [-0.2, -0.15) is 0 Å². The molecule has 7 heteroatoms. The molecule has 0 saturated carbocycles. The Morgan fingerprint density at radius 3 is 2.73 bits per heavy atom. The molecule has 1 N–H and O–H groups in total. The molecule has 0 aliphatic carbocycles. The first-order valence-corrected chi connectivity index (χ1v) is 8.75. The van der Waals surface area contributed by atoms with E-state index >= 15 is 0 Å². The molecule has 1 fully saturated rings. The zero-order valence-electron chi connectivity index (χ0n) is 14.7. The van der Waals surface area contributed by atoms with E-state index in [1.54, 1.807) is 4.90 Å². The average Bonchev–Trinajstić information content (AvgIpc) is 2.82. The second-order valence-corrected chi connectivity index (χ2v) is 6.36. The van der Waals surface area contributed by atoms with Crippen molar-refractivity contribution in [3.8, 4) is 0 Å². The SMILES string of the molecule is CCC1CN(C(=O)c2cnc[nH]c2=O)CCC(=O)N1Cc1ccccc1. The highest BCUT2D eigenvalue weighted by atomic mass is 16.2. The van der Waals surface area contributed by atoms with Crippen LogP contribution in [0.3, 0.4) is 0 Å². The second kappa shape index (κ2) is 7.95. The van der Waals surface area contributed by atoms with Crippen LogP contribution >= 0.6 is 0 Å². The molecule has 1 aliphatic rings. The maximum Gasteiger partial charge on any atom is 0.263 e. The Morgan fingerprint density at radius 1 is 1.27 bits per heavy atom. The quantitative estimate of drug-likeness (QED) is 0.900. The predicted molar refractivity (Wildman–Crippen MR) is 96.4 cm³/mol. The summed E-state index contributed by atoms with van der Waals surface area (Å²) in [6.07, 6.45) is 3.50. The fourth-order valence-corrected chi connectivity index (χ4v) is 3.22. The summed E-state index contributed by atoms with van der Waals surface area (Å²) in [6, 6.07) is 9.72. The van der Waals surface area contributed by atoms with Crippen molar-refractivity contribution in [2.75, 3.05) is 13.1 Å². The fraction of sp³-hybridized carbons (Fsp3) is 0.368. The number of nitrogens with one attached hydrogen (secondary N) is 1. The van der Waals surface area contributed by atoms with E-state index < -0.39 is 5.56 Å². The molecule has 1 saturated heterocycles. The maximum atomic E-state index is 12.7. The monoisotopic (exact) mass is 354 g/mol. The number of aromatic amines is 1. The van der Waals surface area contributed by atoms with Gasteiger partial charge in [-0.15, -0.1) is 0 Å². The summed E-state index contributed by atoms with van der Waals surface area (Å²) in [6.45, 7) is 3.23. The van der Waals surface area contributed by atoms with Gasteiger partial charge in [0.2, 0.25) is 5.91 Å². The lowest BCUT2D eigenvalue weighted by molar-refractivity contribution is -0.133. The predicted octanol–water partition coefficient (Wildman–Crippen LogP) is 1.42. The molecule has 1 atom stereocenters. The Labute approximate surface area is 151 Å². The van der Waals surface area contributed by atoms with Crippen LogP contribution in [0.25, 0.3) is 0 Å². The van der Waals surface area contributed by atoms with Crippen molar-refractivity contribution < 1.29 is 9.59 Å². The molecule has 26 heavy (non-hydrogen) atoms. The van der Waals surface area contributed by atoms with Crippen molar-refractivity contribution in [2.45, 2.75) is 32.4 Å². The van der Waals surface area contributed by atoms with Crippen molar-refractivity contribution in [3.05, 3.63) is 64.3 Å². The van der Waals surface area contributed by atoms with Crippen molar-refractivity contribution in [2.24, 2.45) is 0 Å². The average molecular weight is 354 g/mol. The number of amides is 2. The minimum Gasteiger partial charge on any atom is -0.336 e. The van der Waals surface area contributed by atoms with E-state index in [1.165, 1.54) is 12.5 Å². The molecular weight excluding hydrogens is 332 g/mol. The Hall–Kier alpha value is -2.96. The van der Waals surface area contributed by atoms with Crippen LogP contribution in [0.5, 0.6) is 0 Å². The minimum absolute atomic E-state index is 0.00584. The largest absolute Gasteiger partial charge is 0.336 e. The van der Waals surface area contributed by atoms with Crippen molar-refractivity contribution in [3.63, 3.8) is 0 Å². The highest BCUT2D eigenvalue weighted by Gasteiger charge is 2.31. The summed E-state index contributed by atoms with van der Waals surface area (Å²) in [5, 5.41) is 0. The maximum absolute atomic E-state index is 12.7. The second-order valence-electron chi connectivity index (χ2n) is 6.36. The van der Waals surface area contributed by atoms with Crippen LogP contribution in [0.2, 0.25) is 0 Å². The Bertz CT molecular complexity index is 834. The van der Waals surface area contributed by atoms with Gasteiger partial charge < -0.3 is 14.8 Å². The van der Waals surface area contributed by atoms with Crippen LogP contribution in [-0.4, -0.2) is 50.7 Å². The number of hydrogen-bond donors (Lipinski definition) is 1. The van der Waals surface area contributed by atoms with Gasteiger partial charge in [0.15, 0.2) is 0 Å².